The molecule has 1 aromatic heterocycles. The van der Waals surface area contributed by atoms with Gasteiger partial charge in [-0.2, -0.15) is 9.40 Å². The van der Waals surface area contributed by atoms with E-state index in [4.69, 9.17) is 0 Å². The van der Waals surface area contributed by atoms with Gasteiger partial charge in [-0.25, -0.2) is 8.42 Å². The van der Waals surface area contributed by atoms with E-state index < -0.39 is 10.0 Å². The highest BCUT2D eigenvalue weighted by molar-refractivity contribution is 7.89. The fourth-order valence-electron chi connectivity index (χ4n) is 3.35. The Labute approximate surface area is 138 Å². The summed E-state index contributed by atoms with van der Waals surface area (Å²) < 4.78 is 29.2. The van der Waals surface area contributed by atoms with Gasteiger partial charge in [0, 0.05) is 25.6 Å². The first-order chi connectivity index (χ1) is 10.8. The van der Waals surface area contributed by atoms with Gasteiger partial charge in [-0.15, -0.1) is 0 Å². The Morgan fingerprint density at radius 1 is 1.22 bits per heavy atom. The summed E-state index contributed by atoms with van der Waals surface area (Å²) in [5.41, 5.74) is 1.72. The molecule has 0 spiro atoms. The first-order valence-corrected chi connectivity index (χ1v) is 9.33. The molecule has 3 rings (SSSR count). The molecule has 1 fully saturated rings. The van der Waals surface area contributed by atoms with Crippen LogP contribution in [-0.4, -0.2) is 35.6 Å². The summed E-state index contributed by atoms with van der Waals surface area (Å²) in [5.74, 6) is 0. The van der Waals surface area contributed by atoms with E-state index in [9.17, 15) is 8.42 Å². The van der Waals surface area contributed by atoms with Crippen molar-refractivity contribution in [2.45, 2.75) is 37.0 Å². The molecule has 1 saturated heterocycles. The van der Waals surface area contributed by atoms with Crippen molar-refractivity contribution >= 4 is 10.0 Å². The lowest BCUT2D eigenvalue weighted by molar-refractivity contribution is 0.240. The largest absolute Gasteiger partial charge is 0.272 e. The minimum atomic E-state index is -3.50. The number of aromatic nitrogens is 2. The summed E-state index contributed by atoms with van der Waals surface area (Å²) in [4.78, 5) is 0.317. The Kier molecular flexibility index (Phi) is 4.06. The summed E-state index contributed by atoms with van der Waals surface area (Å²) in [7, 11) is -1.74. The first kappa shape index (κ1) is 16.2. The third kappa shape index (κ3) is 2.81. The van der Waals surface area contributed by atoms with Gasteiger partial charge >= 0.3 is 0 Å². The number of benzene rings is 1. The zero-order valence-electron chi connectivity index (χ0n) is 13.9. The monoisotopic (exact) mass is 333 g/mol. The van der Waals surface area contributed by atoms with E-state index >= 15 is 0 Å². The third-order valence-corrected chi connectivity index (χ3v) is 6.89. The predicted molar refractivity (Wildman–Crippen MR) is 89.7 cm³/mol. The average Bonchev–Trinajstić information content (AvgIpc) is 2.88. The van der Waals surface area contributed by atoms with Crippen LogP contribution in [-0.2, 0) is 22.5 Å². The van der Waals surface area contributed by atoms with Crippen molar-refractivity contribution in [2.75, 3.05) is 13.1 Å². The summed E-state index contributed by atoms with van der Waals surface area (Å²) >= 11 is 0. The lowest BCUT2D eigenvalue weighted by Gasteiger charge is -2.40. The van der Waals surface area contributed by atoms with Gasteiger partial charge in [-0.05, 0) is 25.3 Å². The van der Waals surface area contributed by atoms with E-state index in [0.29, 0.717) is 23.7 Å². The smallest absolute Gasteiger partial charge is 0.246 e. The number of aryl methyl sites for hydroxylation is 1. The van der Waals surface area contributed by atoms with Crippen LogP contribution in [0.2, 0.25) is 0 Å². The third-order valence-electron chi connectivity index (χ3n) is 4.94. The topological polar surface area (TPSA) is 55.2 Å². The second-order valence-electron chi connectivity index (χ2n) is 6.59. The SMILES string of the molecule is Cc1c(S(=O)(=O)N2CCCC(C)(c3ccccc3)C2)cnn1C. The zero-order chi connectivity index (χ0) is 16.7. The normalized spacial score (nSPS) is 23.1. The van der Waals surface area contributed by atoms with E-state index in [1.54, 1.807) is 23.0 Å². The van der Waals surface area contributed by atoms with Crippen molar-refractivity contribution in [3.05, 3.63) is 47.8 Å². The van der Waals surface area contributed by atoms with Crippen molar-refractivity contribution in [1.29, 1.82) is 0 Å². The van der Waals surface area contributed by atoms with Gasteiger partial charge in [0.1, 0.15) is 4.90 Å². The Balaban J connectivity index is 1.94. The van der Waals surface area contributed by atoms with Crippen LogP contribution in [0, 0.1) is 6.92 Å². The zero-order valence-corrected chi connectivity index (χ0v) is 14.7. The van der Waals surface area contributed by atoms with E-state index in [1.165, 1.54) is 11.8 Å². The molecule has 2 aromatic rings. The molecule has 1 aromatic carbocycles. The molecule has 0 aliphatic carbocycles. The molecular weight excluding hydrogens is 310 g/mol. The fraction of sp³-hybridized carbons (Fsp3) is 0.471. The number of hydrogen-bond acceptors (Lipinski definition) is 3. The van der Waals surface area contributed by atoms with E-state index in [0.717, 1.165) is 12.8 Å². The molecule has 124 valence electrons. The van der Waals surface area contributed by atoms with Crippen LogP contribution in [0.15, 0.2) is 41.4 Å². The minimum absolute atomic E-state index is 0.150. The maximum absolute atomic E-state index is 13.0. The van der Waals surface area contributed by atoms with Gasteiger partial charge in [-0.1, -0.05) is 37.3 Å². The second-order valence-corrected chi connectivity index (χ2v) is 8.49. The van der Waals surface area contributed by atoms with Crippen molar-refractivity contribution in [3.8, 4) is 0 Å². The number of rotatable bonds is 3. The van der Waals surface area contributed by atoms with Crippen LogP contribution in [0.5, 0.6) is 0 Å². The number of sulfonamides is 1. The molecule has 23 heavy (non-hydrogen) atoms. The molecule has 0 amide bonds. The molecule has 1 aliphatic rings. The van der Waals surface area contributed by atoms with Gasteiger partial charge < -0.3 is 0 Å². The summed E-state index contributed by atoms with van der Waals surface area (Å²) in [6.07, 6.45) is 3.32. The quantitative estimate of drug-likeness (QED) is 0.867. The van der Waals surface area contributed by atoms with Crippen LogP contribution < -0.4 is 0 Å². The van der Waals surface area contributed by atoms with Crippen LogP contribution in [0.25, 0.3) is 0 Å². The summed E-state index contributed by atoms with van der Waals surface area (Å²) in [6, 6.07) is 10.2. The Bertz CT molecular complexity index is 799. The van der Waals surface area contributed by atoms with Crippen molar-refractivity contribution in [1.82, 2.24) is 14.1 Å². The van der Waals surface area contributed by atoms with Crippen LogP contribution in [0.4, 0.5) is 0 Å². The molecule has 0 bridgehead atoms. The lowest BCUT2D eigenvalue weighted by atomic mass is 9.77. The van der Waals surface area contributed by atoms with Crippen LogP contribution in [0.3, 0.4) is 0 Å². The van der Waals surface area contributed by atoms with Gasteiger partial charge in [0.15, 0.2) is 0 Å². The molecule has 1 aliphatic heterocycles. The molecule has 2 heterocycles. The van der Waals surface area contributed by atoms with Gasteiger partial charge in [0.05, 0.1) is 11.9 Å². The molecule has 6 heteroatoms. The summed E-state index contributed by atoms with van der Waals surface area (Å²) in [5, 5.41) is 4.08. The lowest BCUT2D eigenvalue weighted by Crippen LogP contribution is -2.47. The van der Waals surface area contributed by atoms with E-state index in [1.807, 2.05) is 18.2 Å². The molecule has 5 nitrogen and oxygen atoms in total. The molecule has 0 radical (unpaired) electrons. The Morgan fingerprint density at radius 2 is 1.91 bits per heavy atom. The fourth-order valence-corrected chi connectivity index (χ4v) is 5.13. The van der Waals surface area contributed by atoms with Crippen molar-refractivity contribution in [2.24, 2.45) is 7.05 Å². The van der Waals surface area contributed by atoms with Crippen molar-refractivity contribution in [3.63, 3.8) is 0 Å². The molecular formula is C17H23N3O2S. The molecule has 0 N–H and O–H groups in total. The maximum Gasteiger partial charge on any atom is 0.246 e. The molecule has 0 saturated carbocycles. The van der Waals surface area contributed by atoms with Crippen LogP contribution >= 0.6 is 0 Å². The predicted octanol–water partition coefficient (Wildman–Crippen LogP) is 2.47. The van der Waals surface area contributed by atoms with E-state index in [-0.39, 0.29) is 5.41 Å². The number of nitrogens with zero attached hydrogens (tertiary/aromatic N) is 3. The molecule has 1 atom stereocenters. The standard InChI is InChI=1S/C17H23N3O2S/c1-14-16(12-18-19(14)3)23(21,22)20-11-7-10-17(2,13-20)15-8-5-4-6-9-15/h4-6,8-9,12H,7,10-11,13H2,1-3H3. The molecule has 1 unspecified atom stereocenters. The number of piperidine rings is 1. The van der Waals surface area contributed by atoms with Crippen molar-refractivity contribution < 1.29 is 8.42 Å². The second kappa shape index (κ2) is 5.76. The van der Waals surface area contributed by atoms with Crippen LogP contribution in [0.1, 0.15) is 31.0 Å². The Hall–Kier alpha value is -1.66. The van der Waals surface area contributed by atoms with Gasteiger partial charge in [-0.3, -0.25) is 4.68 Å². The van der Waals surface area contributed by atoms with Gasteiger partial charge in [0.25, 0.3) is 0 Å². The summed E-state index contributed by atoms with van der Waals surface area (Å²) in [6.45, 7) is 5.02. The van der Waals surface area contributed by atoms with Gasteiger partial charge in [0.2, 0.25) is 10.0 Å². The maximum atomic E-state index is 13.0. The number of hydrogen-bond donors (Lipinski definition) is 0. The average molecular weight is 333 g/mol. The highest BCUT2D eigenvalue weighted by atomic mass is 32.2. The minimum Gasteiger partial charge on any atom is -0.272 e. The highest BCUT2D eigenvalue weighted by Crippen LogP contribution is 2.36. The van der Waals surface area contributed by atoms with E-state index in [2.05, 4.69) is 24.2 Å². The first-order valence-electron chi connectivity index (χ1n) is 7.89. The Morgan fingerprint density at radius 3 is 2.52 bits per heavy atom. The highest BCUT2D eigenvalue weighted by Gasteiger charge is 2.39.